The summed E-state index contributed by atoms with van der Waals surface area (Å²) in [5, 5.41) is 10.2. The first-order valence-electron chi connectivity index (χ1n) is 3.81. The smallest absolute Gasteiger partial charge is 0.148 e. The van der Waals surface area contributed by atoms with Gasteiger partial charge in [0.1, 0.15) is 23.4 Å². The monoisotopic (exact) mass is 209 g/mol. The van der Waals surface area contributed by atoms with E-state index >= 15 is 0 Å². The van der Waals surface area contributed by atoms with Crippen molar-refractivity contribution in [1.29, 1.82) is 0 Å². The molecule has 0 aliphatic rings. The fourth-order valence-electron chi connectivity index (χ4n) is 1.03. The van der Waals surface area contributed by atoms with E-state index in [-0.39, 0.29) is 0 Å². The predicted molar refractivity (Wildman–Crippen MR) is 47.9 cm³/mol. The number of benzene rings is 1. The van der Waals surface area contributed by atoms with E-state index < -0.39 is 12.6 Å². The van der Waals surface area contributed by atoms with Gasteiger partial charge in [-0.3, -0.25) is 0 Å². The molecule has 0 bridgehead atoms. The Morgan fingerprint density at radius 1 is 1.50 bits per heavy atom. The molecule has 0 N–H and O–H groups in total. The first-order valence-corrected chi connectivity index (χ1v) is 4.54. The van der Waals surface area contributed by atoms with Gasteiger partial charge in [-0.2, -0.15) is 8.75 Å². The second-order valence-electron chi connectivity index (χ2n) is 2.55. The van der Waals surface area contributed by atoms with Crippen molar-refractivity contribution in [3.05, 3.63) is 18.2 Å². The number of hydrogen-bond acceptors (Lipinski definition) is 6. The van der Waals surface area contributed by atoms with Gasteiger partial charge in [0.2, 0.25) is 0 Å². The molecule has 0 atom stereocenters. The van der Waals surface area contributed by atoms with Crippen molar-refractivity contribution in [2.45, 2.75) is 0 Å². The quantitative estimate of drug-likeness (QED) is 0.701. The van der Waals surface area contributed by atoms with Crippen LogP contribution in [-0.4, -0.2) is 21.3 Å². The first kappa shape index (κ1) is 8.89. The molecule has 0 saturated heterocycles. The van der Waals surface area contributed by atoms with Gasteiger partial charge in [0.05, 0.1) is 17.7 Å². The Morgan fingerprint density at radius 2 is 2.36 bits per heavy atom. The topological polar surface area (TPSA) is 75.1 Å². The number of nitrogens with zero attached hydrogens (tertiary/aromatic N) is 2. The molecule has 0 amide bonds. The molecular formula is C8H5N2O3S-. The van der Waals surface area contributed by atoms with Crippen LogP contribution in [0.15, 0.2) is 18.2 Å². The lowest BCUT2D eigenvalue weighted by Gasteiger charge is -2.05. The predicted octanol–water partition coefficient (Wildman–Crippen LogP) is -0.180. The largest absolute Gasteiger partial charge is 0.546 e. The van der Waals surface area contributed by atoms with Crippen molar-refractivity contribution in [1.82, 2.24) is 8.75 Å². The molecule has 2 rings (SSSR count). The Hall–Kier alpha value is -1.69. The molecule has 6 heteroatoms. The number of aromatic nitrogens is 2. The van der Waals surface area contributed by atoms with E-state index in [1.54, 1.807) is 18.2 Å². The molecule has 72 valence electrons. The highest BCUT2D eigenvalue weighted by atomic mass is 32.1. The average Bonchev–Trinajstić information content (AvgIpc) is 2.62. The van der Waals surface area contributed by atoms with Crippen molar-refractivity contribution in [3.8, 4) is 5.75 Å². The summed E-state index contributed by atoms with van der Waals surface area (Å²) in [6.45, 7) is -0.476. The SMILES string of the molecule is O=C([O-])COc1cccc2nsnc12. The van der Waals surface area contributed by atoms with Crippen LogP contribution in [0, 0.1) is 0 Å². The number of hydrogen-bond donors (Lipinski definition) is 0. The maximum absolute atomic E-state index is 10.2. The molecule has 0 fully saturated rings. The maximum Gasteiger partial charge on any atom is 0.148 e. The van der Waals surface area contributed by atoms with Crippen LogP contribution in [0.4, 0.5) is 0 Å². The van der Waals surface area contributed by atoms with Gasteiger partial charge in [0.15, 0.2) is 0 Å². The van der Waals surface area contributed by atoms with E-state index in [2.05, 4.69) is 8.75 Å². The van der Waals surface area contributed by atoms with Crippen molar-refractivity contribution in [2.75, 3.05) is 6.61 Å². The zero-order chi connectivity index (χ0) is 9.97. The van der Waals surface area contributed by atoms with Gasteiger partial charge in [-0.05, 0) is 12.1 Å². The lowest BCUT2D eigenvalue weighted by Crippen LogP contribution is -2.28. The number of rotatable bonds is 3. The van der Waals surface area contributed by atoms with Crippen LogP contribution in [-0.2, 0) is 4.79 Å². The molecule has 5 nitrogen and oxygen atoms in total. The molecule has 0 unspecified atom stereocenters. The molecule has 1 aromatic carbocycles. The number of carboxylic acid groups (broad SMARTS) is 1. The molecule has 0 radical (unpaired) electrons. The summed E-state index contributed by atoms with van der Waals surface area (Å²) in [6, 6.07) is 5.16. The number of carbonyl (C=O) groups excluding carboxylic acids is 1. The Bertz CT molecular complexity index is 468. The third-order valence-electron chi connectivity index (χ3n) is 1.59. The molecule has 2 aromatic rings. The summed E-state index contributed by atoms with van der Waals surface area (Å²) < 4.78 is 13.0. The van der Waals surface area contributed by atoms with Crippen LogP contribution in [0.1, 0.15) is 0 Å². The lowest BCUT2D eigenvalue weighted by atomic mass is 10.3. The number of ether oxygens (including phenoxy) is 1. The number of fused-ring (bicyclic) bond motifs is 1. The molecule has 0 aliphatic carbocycles. The van der Waals surface area contributed by atoms with Crippen molar-refractivity contribution in [2.24, 2.45) is 0 Å². The van der Waals surface area contributed by atoms with Crippen LogP contribution in [0.25, 0.3) is 11.0 Å². The van der Waals surface area contributed by atoms with Crippen LogP contribution >= 0.6 is 11.7 Å². The summed E-state index contributed by atoms with van der Waals surface area (Å²) in [4.78, 5) is 10.2. The summed E-state index contributed by atoms with van der Waals surface area (Å²) in [5.74, 6) is -0.842. The third-order valence-corrected chi connectivity index (χ3v) is 2.14. The number of aliphatic carboxylic acids is 1. The van der Waals surface area contributed by atoms with E-state index in [0.29, 0.717) is 16.8 Å². The van der Waals surface area contributed by atoms with Gasteiger partial charge in [0, 0.05) is 0 Å². The Kier molecular flexibility index (Phi) is 2.28. The van der Waals surface area contributed by atoms with E-state index in [9.17, 15) is 9.90 Å². The van der Waals surface area contributed by atoms with Gasteiger partial charge in [-0.15, -0.1) is 0 Å². The molecule has 14 heavy (non-hydrogen) atoms. The molecule has 1 heterocycles. The second-order valence-corrected chi connectivity index (χ2v) is 3.08. The summed E-state index contributed by atoms with van der Waals surface area (Å²) in [7, 11) is 0. The Morgan fingerprint density at radius 3 is 3.14 bits per heavy atom. The van der Waals surface area contributed by atoms with Crippen molar-refractivity contribution in [3.63, 3.8) is 0 Å². The minimum Gasteiger partial charge on any atom is -0.546 e. The van der Waals surface area contributed by atoms with Gasteiger partial charge in [-0.1, -0.05) is 6.07 Å². The van der Waals surface area contributed by atoms with Crippen LogP contribution < -0.4 is 9.84 Å². The van der Waals surface area contributed by atoms with Crippen molar-refractivity contribution >= 4 is 28.7 Å². The lowest BCUT2D eigenvalue weighted by molar-refractivity contribution is -0.307. The second kappa shape index (κ2) is 3.59. The fraction of sp³-hybridized carbons (Fsp3) is 0.125. The molecule has 0 spiro atoms. The molecule has 0 saturated carbocycles. The van der Waals surface area contributed by atoms with E-state index in [1.165, 1.54) is 0 Å². The van der Waals surface area contributed by atoms with E-state index in [4.69, 9.17) is 4.74 Å². The highest BCUT2D eigenvalue weighted by molar-refractivity contribution is 7.00. The third kappa shape index (κ3) is 1.64. The van der Waals surface area contributed by atoms with Gasteiger partial charge in [-0.25, -0.2) is 0 Å². The van der Waals surface area contributed by atoms with Crippen molar-refractivity contribution < 1.29 is 14.6 Å². The first-order chi connectivity index (χ1) is 6.77. The number of carbonyl (C=O) groups is 1. The summed E-state index contributed by atoms with van der Waals surface area (Å²) >= 11 is 1.06. The average molecular weight is 209 g/mol. The zero-order valence-corrected chi connectivity index (χ0v) is 7.78. The number of carboxylic acids is 1. The van der Waals surface area contributed by atoms with Crippen LogP contribution in [0.3, 0.4) is 0 Å². The zero-order valence-electron chi connectivity index (χ0n) is 6.97. The fourth-order valence-corrected chi connectivity index (χ4v) is 1.58. The minimum absolute atomic E-state index is 0.417. The molecule has 1 aromatic heterocycles. The Balaban J connectivity index is 2.32. The minimum atomic E-state index is -1.26. The van der Waals surface area contributed by atoms with Crippen LogP contribution in [0.5, 0.6) is 5.75 Å². The van der Waals surface area contributed by atoms with E-state index in [0.717, 1.165) is 11.7 Å². The highest BCUT2D eigenvalue weighted by Gasteiger charge is 2.04. The maximum atomic E-state index is 10.2. The van der Waals surface area contributed by atoms with E-state index in [1.807, 2.05) is 0 Å². The normalized spacial score (nSPS) is 10.3. The van der Waals surface area contributed by atoms with Gasteiger partial charge >= 0.3 is 0 Å². The summed E-state index contributed by atoms with van der Waals surface area (Å²) in [6.07, 6.45) is 0. The molecular weight excluding hydrogens is 204 g/mol. The molecule has 0 aliphatic heterocycles. The highest BCUT2D eigenvalue weighted by Crippen LogP contribution is 2.22. The van der Waals surface area contributed by atoms with Crippen LogP contribution in [0.2, 0.25) is 0 Å². The standard InChI is InChI=1S/C8H6N2O3S/c11-7(12)4-13-6-3-1-2-5-8(6)10-14-9-5/h1-3H,4H2,(H,11,12)/p-1. The Labute approximate surface area is 83.3 Å². The summed E-state index contributed by atoms with van der Waals surface area (Å²) in [5.41, 5.74) is 1.28. The van der Waals surface area contributed by atoms with Gasteiger partial charge in [0.25, 0.3) is 0 Å². The van der Waals surface area contributed by atoms with Gasteiger partial charge < -0.3 is 14.6 Å².